The summed E-state index contributed by atoms with van der Waals surface area (Å²) >= 11 is 0. The zero-order chi connectivity index (χ0) is 17.6. The van der Waals surface area contributed by atoms with Crippen molar-refractivity contribution in [1.82, 2.24) is 24.8 Å². The van der Waals surface area contributed by atoms with Crippen molar-refractivity contribution in [2.75, 3.05) is 18.4 Å². The lowest BCUT2D eigenvalue weighted by atomic mass is 9.65. The van der Waals surface area contributed by atoms with Gasteiger partial charge in [0.05, 0.1) is 5.56 Å². The summed E-state index contributed by atoms with van der Waals surface area (Å²) in [6.45, 7) is 1.65. The molecule has 2 aromatic rings. The molecule has 2 aliphatic carbocycles. The van der Waals surface area contributed by atoms with Gasteiger partial charge in [-0.1, -0.05) is 0 Å². The summed E-state index contributed by atoms with van der Waals surface area (Å²) in [6, 6.07) is 2.32. The number of carbonyl (C=O) groups excluding carboxylic acids is 1. The maximum Gasteiger partial charge on any atom is 0.257 e. The van der Waals surface area contributed by atoms with Gasteiger partial charge in [-0.05, 0) is 43.6 Å². The van der Waals surface area contributed by atoms with E-state index in [1.165, 1.54) is 12.8 Å². The Kier molecular flexibility index (Phi) is 3.62. The number of rotatable bonds is 4. The van der Waals surface area contributed by atoms with Crippen molar-refractivity contribution in [2.45, 2.75) is 44.1 Å². The van der Waals surface area contributed by atoms with Gasteiger partial charge in [-0.2, -0.15) is 0 Å². The van der Waals surface area contributed by atoms with Crippen LogP contribution in [0.25, 0.3) is 0 Å². The van der Waals surface area contributed by atoms with E-state index in [0.717, 1.165) is 44.0 Å². The maximum atomic E-state index is 12.8. The summed E-state index contributed by atoms with van der Waals surface area (Å²) in [5.74, 6) is 2.34. The van der Waals surface area contributed by atoms with Gasteiger partial charge >= 0.3 is 0 Å². The van der Waals surface area contributed by atoms with Crippen molar-refractivity contribution in [3.8, 4) is 0 Å². The lowest BCUT2D eigenvalue weighted by molar-refractivity contribution is 0.0715. The van der Waals surface area contributed by atoms with Gasteiger partial charge in [0.2, 0.25) is 0 Å². The standard InChI is InChI=1S/C19H22N6O/c26-18(14-9-21-17(22-10-14)13-1-2-13)25-6-4-19(11-25)7-15(8-19)24-16-3-5-20-12-23-16/h3,5,9-10,12-13,15H,1-2,4,6-8,11H2,(H,20,23,24). The molecule has 1 saturated heterocycles. The van der Waals surface area contributed by atoms with Crippen molar-refractivity contribution in [3.05, 3.63) is 42.4 Å². The first-order chi connectivity index (χ1) is 12.7. The number of amides is 1. The number of anilines is 1. The second-order valence-corrected chi connectivity index (χ2v) is 7.93. The van der Waals surface area contributed by atoms with E-state index in [9.17, 15) is 4.79 Å². The Hall–Kier alpha value is -2.57. The van der Waals surface area contributed by atoms with Crippen LogP contribution in [0.4, 0.5) is 5.82 Å². The molecular weight excluding hydrogens is 328 g/mol. The smallest absolute Gasteiger partial charge is 0.257 e. The third-order valence-corrected chi connectivity index (χ3v) is 5.88. The minimum atomic E-state index is 0.0661. The van der Waals surface area contributed by atoms with Crippen LogP contribution in [0.2, 0.25) is 0 Å². The first kappa shape index (κ1) is 15.7. The van der Waals surface area contributed by atoms with Crippen LogP contribution in [0.3, 0.4) is 0 Å². The number of hydrogen-bond acceptors (Lipinski definition) is 6. The molecule has 7 heteroatoms. The van der Waals surface area contributed by atoms with Gasteiger partial charge in [0.25, 0.3) is 5.91 Å². The highest BCUT2D eigenvalue weighted by Crippen LogP contribution is 2.49. The number of carbonyl (C=O) groups is 1. The molecule has 1 spiro atoms. The Labute approximate surface area is 152 Å². The summed E-state index contributed by atoms with van der Waals surface area (Å²) in [5, 5.41) is 3.45. The second-order valence-electron chi connectivity index (χ2n) is 7.93. The predicted octanol–water partition coefficient (Wildman–Crippen LogP) is 2.25. The molecule has 0 radical (unpaired) electrons. The largest absolute Gasteiger partial charge is 0.367 e. The van der Waals surface area contributed by atoms with E-state index >= 15 is 0 Å². The molecule has 0 aromatic carbocycles. The Morgan fingerprint density at radius 3 is 2.69 bits per heavy atom. The van der Waals surface area contributed by atoms with Crippen LogP contribution in [-0.2, 0) is 0 Å². The monoisotopic (exact) mass is 350 g/mol. The fourth-order valence-electron chi connectivity index (χ4n) is 4.30. The van der Waals surface area contributed by atoms with Crippen molar-refractivity contribution >= 4 is 11.7 Å². The zero-order valence-corrected chi connectivity index (χ0v) is 14.6. The highest BCUT2D eigenvalue weighted by molar-refractivity contribution is 5.93. The fraction of sp³-hybridized carbons (Fsp3) is 0.526. The lowest BCUT2D eigenvalue weighted by Crippen LogP contribution is -2.47. The molecule has 2 aromatic heterocycles. The number of nitrogens with zero attached hydrogens (tertiary/aromatic N) is 5. The van der Waals surface area contributed by atoms with Crippen LogP contribution < -0.4 is 5.32 Å². The van der Waals surface area contributed by atoms with Crippen LogP contribution in [-0.4, -0.2) is 49.9 Å². The zero-order valence-electron chi connectivity index (χ0n) is 14.6. The van der Waals surface area contributed by atoms with E-state index in [4.69, 9.17) is 0 Å². The summed E-state index contributed by atoms with van der Waals surface area (Å²) in [4.78, 5) is 31.7. The van der Waals surface area contributed by atoms with Crippen molar-refractivity contribution in [3.63, 3.8) is 0 Å². The molecule has 7 nitrogen and oxygen atoms in total. The Bertz CT molecular complexity index is 799. The van der Waals surface area contributed by atoms with E-state index in [1.54, 1.807) is 24.9 Å². The maximum absolute atomic E-state index is 12.8. The topological polar surface area (TPSA) is 83.9 Å². The highest BCUT2D eigenvalue weighted by atomic mass is 16.2. The second kappa shape index (κ2) is 6.00. The molecule has 3 heterocycles. The molecule has 3 fully saturated rings. The molecule has 1 amide bonds. The molecule has 0 atom stereocenters. The molecule has 5 rings (SSSR count). The van der Waals surface area contributed by atoms with Gasteiger partial charge in [0.15, 0.2) is 0 Å². The molecule has 1 N–H and O–H groups in total. The lowest BCUT2D eigenvalue weighted by Gasteiger charge is -2.45. The van der Waals surface area contributed by atoms with Crippen molar-refractivity contribution < 1.29 is 4.79 Å². The van der Waals surface area contributed by atoms with Gasteiger partial charge in [0, 0.05) is 43.6 Å². The highest BCUT2D eigenvalue weighted by Gasteiger charge is 2.49. The number of nitrogens with one attached hydrogen (secondary N) is 1. The van der Waals surface area contributed by atoms with E-state index in [2.05, 4.69) is 25.3 Å². The van der Waals surface area contributed by atoms with E-state index in [-0.39, 0.29) is 11.3 Å². The Balaban J connectivity index is 1.18. The molecule has 0 unspecified atom stereocenters. The molecule has 2 saturated carbocycles. The van der Waals surface area contributed by atoms with Crippen LogP contribution in [0, 0.1) is 5.41 Å². The van der Waals surface area contributed by atoms with E-state index < -0.39 is 0 Å². The van der Waals surface area contributed by atoms with E-state index in [0.29, 0.717) is 17.5 Å². The number of aromatic nitrogens is 4. The number of hydrogen-bond donors (Lipinski definition) is 1. The van der Waals surface area contributed by atoms with Gasteiger partial charge < -0.3 is 10.2 Å². The van der Waals surface area contributed by atoms with Crippen molar-refractivity contribution in [1.29, 1.82) is 0 Å². The normalized spacial score (nSPS) is 27.4. The minimum Gasteiger partial charge on any atom is -0.367 e. The van der Waals surface area contributed by atoms with Crippen LogP contribution in [0.1, 0.15) is 54.2 Å². The molecule has 134 valence electrons. The summed E-state index contributed by atoms with van der Waals surface area (Å²) in [7, 11) is 0. The molecule has 3 aliphatic rings. The Morgan fingerprint density at radius 1 is 1.19 bits per heavy atom. The average molecular weight is 350 g/mol. The van der Waals surface area contributed by atoms with Gasteiger partial charge in [-0.3, -0.25) is 4.79 Å². The van der Waals surface area contributed by atoms with Gasteiger partial charge in [0.1, 0.15) is 18.0 Å². The summed E-state index contributed by atoms with van der Waals surface area (Å²) in [6.07, 6.45) is 12.3. The SMILES string of the molecule is O=C(c1cnc(C2CC2)nc1)N1CCC2(CC(Nc3ccncn3)C2)C1. The third kappa shape index (κ3) is 2.91. The first-order valence-corrected chi connectivity index (χ1v) is 9.35. The quantitative estimate of drug-likeness (QED) is 0.910. The minimum absolute atomic E-state index is 0.0661. The summed E-state index contributed by atoms with van der Waals surface area (Å²) < 4.78 is 0. The van der Waals surface area contributed by atoms with Gasteiger partial charge in [-0.15, -0.1) is 0 Å². The average Bonchev–Trinajstić information content (AvgIpc) is 3.41. The van der Waals surface area contributed by atoms with E-state index in [1.807, 2.05) is 11.0 Å². The van der Waals surface area contributed by atoms with Crippen molar-refractivity contribution in [2.24, 2.45) is 5.41 Å². The fourth-order valence-corrected chi connectivity index (χ4v) is 4.30. The summed E-state index contributed by atoms with van der Waals surface area (Å²) in [5.41, 5.74) is 0.872. The van der Waals surface area contributed by atoms with Gasteiger partial charge in [-0.25, -0.2) is 19.9 Å². The molecule has 26 heavy (non-hydrogen) atoms. The number of likely N-dealkylation sites (tertiary alicyclic amines) is 1. The van der Waals surface area contributed by atoms with Crippen LogP contribution in [0.15, 0.2) is 31.0 Å². The predicted molar refractivity (Wildman–Crippen MR) is 95.6 cm³/mol. The van der Waals surface area contributed by atoms with Crippen LogP contribution in [0.5, 0.6) is 0 Å². The third-order valence-electron chi connectivity index (χ3n) is 5.88. The molecule has 0 bridgehead atoms. The Morgan fingerprint density at radius 2 is 2.00 bits per heavy atom. The van der Waals surface area contributed by atoms with Crippen LogP contribution >= 0.6 is 0 Å². The molecule has 1 aliphatic heterocycles. The molecular formula is C19H22N6O. The first-order valence-electron chi connectivity index (χ1n) is 9.35.